The molecule has 3 rings (SSSR count). The number of halogens is 1. The summed E-state index contributed by atoms with van der Waals surface area (Å²) >= 11 is 6.04. The first-order valence-corrected chi connectivity index (χ1v) is 9.11. The zero-order valence-electron chi connectivity index (χ0n) is 14.6. The molecule has 27 heavy (non-hydrogen) atoms. The van der Waals surface area contributed by atoms with Gasteiger partial charge in [-0.05, 0) is 13.8 Å². The van der Waals surface area contributed by atoms with E-state index in [4.69, 9.17) is 39.6 Å². The van der Waals surface area contributed by atoms with Crippen molar-refractivity contribution in [1.82, 2.24) is 24.5 Å². The van der Waals surface area contributed by atoms with Crippen molar-refractivity contribution in [2.45, 2.75) is 20.4 Å². The van der Waals surface area contributed by atoms with Crippen LogP contribution in [-0.4, -0.2) is 49.1 Å². The number of anilines is 1. The summed E-state index contributed by atoms with van der Waals surface area (Å²) in [6.45, 7) is 4.43. The van der Waals surface area contributed by atoms with E-state index in [1.54, 1.807) is 19.6 Å². The second-order valence-corrected chi connectivity index (χ2v) is 6.66. The van der Waals surface area contributed by atoms with Crippen LogP contribution in [0.5, 0.6) is 5.75 Å². The number of nitrogen functional groups attached to an aromatic ring is 1. The Kier molecular flexibility index (Phi) is 6.15. The number of imidazole rings is 1. The van der Waals surface area contributed by atoms with Crippen LogP contribution in [0.2, 0.25) is 5.15 Å². The van der Waals surface area contributed by atoms with Crippen molar-refractivity contribution in [2.24, 2.45) is 0 Å². The van der Waals surface area contributed by atoms with Gasteiger partial charge in [0.05, 0.1) is 25.7 Å². The number of methoxy groups -OCH3 is 1. The quantitative estimate of drug-likeness (QED) is 0.420. The van der Waals surface area contributed by atoms with Crippen LogP contribution in [0.4, 0.5) is 5.95 Å². The number of aromatic nitrogens is 5. The van der Waals surface area contributed by atoms with Crippen molar-refractivity contribution >= 4 is 39.1 Å². The van der Waals surface area contributed by atoms with Gasteiger partial charge < -0.3 is 15.0 Å². The van der Waals surface area contributed by atoms with Crippen LogP contribution in [0.1, 0.15) is 16.8 Å². The summed E-state index contributed by atoms with van der Waals surface area (Å²) in [5, 5.41) is 0.243. The van der Waals surface area contributed by atoms with Crippen molar-refractivity contribution in [3.05, 3.63) is 34.5 Å². The Hall–Kier alpha value is -2.54. The van der Waals surface area contributed by atoms with E-state index in [1.165, 1.54) is 0 Å². The summed E-state index contributed by atoms with van der Waals surface area (Å²) in [5.74, 6) is 0.951. The fourth-order valence-electron chi connectivity index (χ4n) is 2.43. The Labute approximate surface area is 159 Å². The van der Waals surface area contributed by atoms with E-state index in [0.29, 0.717) is 17.7 Å². The Morgan fingerprint density at radius 2 is 1.89 bits per heavy atom. The lowest BCUT2D eigenvalue weighted by Gasteiger charge is -2.12. The van der Waals surface area contributed by atoms with Gasteiger partial charge in [-0.1, -0.05) is 11.6 Å². The molecule has 13 heteroatoms. The number of pyridine rings is 1. The minimum atomic E-state index is -4.67. The third-order valence-corrected chi connectivity index (χ3v) is 3.77. The molecule has 3 heterocycles. The molecular formula is C14H17ClN6O5S. The number of rotatable bonds is 3. The first-order chi connectivity index (χ1) is 12.5. The van der Waals surface area contributed by atoms with Crippen LogP contribution < -0.4 is 10.5 Å². The van der Waals surface area contributed by atoms with Gasteiger partial charge in [0, 0.05) is 17.3 Å². The number of hydrogen-bond acceptors (Lipinski definition) is 8. The largest absolute Gasteiger partial charge is 0.496 e. The highest BCUT2D eigenvalue weighted by molar-refractivity contribution is 7.79. The Bertz CT molecular complexity index is 1080. The molecular weight excluding hydrogens is 400 g/mol. The lowest BCUT2D eigenvalue weighted by Crippen LogP contribution is -2.07. The zero-order valence-corrected chi connectivity index (χ0v) is 16.2. The van der Waals surface area contributed by atoms with Crippen molar-refractivity contribution in [1.29, 1.82) is 0 Å². The van der Waals surface area contributed by atoms with E-state index in [0.717, 1.165) is 22.6 Å². The second kappa shape index (κ2) is 8.00. The number of hydrogen-bond donors (Lipinski definition) is 3. The van der Waals surface area contributed by atoms with Crippen molar-refractivity contribution in [3.8, 4) is 5.75 Å². The van der Waals surface area contributed by atoms with Gasteiger partial charge in [0.15, 0.2) is 10.8 Å². The Morgan fingerprint density at radius 1 is 1.26 bits per heavy atom. The molecule has 0 aliphatic rings. The zero-order chi connectivity index (χ0) is 20.4. The molecule has 0 bridgehead atoms. The van der Waals surface area contributed by atoms with Crippen molar-refractivity contribution in [3.63, 3.8) is 0 Å². The summed E-state index contributed by atoms with van der Waals surface area (Å²) in [6.07, 6.45) is 3.44. The van der Waals surface area contributed by atoms with Gasteiger partial charge in [-0.3, -0.25) is 14.1 Å². The Morgan fingerprint density at radius 3 is 2.48 bits per heavy atom. The monoisotopic (exact) mass is 416 g/mol. The fourth-order valence-corrected chi connectivity index (χ4v) is 2.65. The Balaban J connectivity index is 0.000000465. The first-order valence-electron chi connectivity index (χ1n) is 7.34. The van der Waals surface area contributed by atoms with Crippen molar-refractivity contribution in [2.75, 3.05) is 12.8 Å². The molecule has 146 valence electrons. The number of ether oxygens (including phenoxy) is 1. The van der Waals surface area contributed by atoms with Gasteiger partial charge in [0.1, 0.15) is 11.3 Å². The highest BCUT2D eigenvalue weighted by Gasteiger charge is 2.14. The molecule has 3 aromatic rings. The highest BCUT2D eigenvalue weighted by Crippen LogP contribution is 2.26. The maximum atomic E-state index is 8.74. The molecule has 0 atom stereocenters. The molecule has 0 amide bonds. The van der Waals surface area contributed by atoms with Gasteiger partial charge in [-0.15, -0.1) is 0 Å². The third-order valence-electron chi connectivity index (χ3n) is 3.51. The minimum absolute atomic E-state index is 0.116. The van der Waals surface area contributed by atoms with E-state index in [9.17, 15) is 0 Å². The summed E-state index contributed by atoms with van der Waals surface area (Å²) in [4.78, 5) is 16.8. The van der Waals surface area contributed by atoms with Crippen LogP contribution in [0.3, 0.4) is 0 Å². The van der Waals surface area contributed by atoms with Crippen molar-refractivity contribution < 1.29 is 22.3 Å². The number of aryl methyl sites for hydroxylation is 1. The number of nitrogens with zero attached hydrogens (tertiary/aromatic N) is 5. The first kappa shape index (κ1) is 20.8. The fraction of sp³-hybridized carbons (Fsp3) is 0.286. The summed E-state index contributed by atoms with van der Waals surface area (Å²) < 4.78 is 38.8. The van der Waals surface area contributed by atoms with E-state index < -0.39 is 10.4 Å². The standard InChI is InChI=1S/C14H15ClN6O.H2O4S/c1-7-4-17-9(8(2)11(7)22-3)5-21-6-18-10-12(15)19-14(16)20-13(10)21;1-5(2,3)4/h4,6H,5H2,1-3H3,(H2,16,19,20);(H2,1,2,3,4). The maximum Gasteiger partial charge on any atom is 0.394 e. The molecule has 0 aliphatic heterocycles. The lowest BCUT2D eigenvalue weighted by molar-refractivity contribution is 0.381. The predicted octanol–water partition coefficient (Wildman–Crippen LogP) is 1.48. The van der Waals surface area contributed by atoms with Crippen LogP contribution in [0.15, 0.2) is 12.5 Å². The normalized spacial score (nSPS) is 11.2. The number of fused-ring (bicyclic) bond motifs is 1. The topological polar surface area (TPSA) is 166 Å². The smallest absolute Gasteiger partial charge is 0.394 e. The molecule has 0 unspecified atom stereocenters. The predicted molar refractivity (Wildman–Crippen MR) is 98.3 cm³/mol. The number of nitrogens with two attached hydrogens (primary N) is 1. The van der Waals surface area contributed by atoms with Crippen LogP contribution in [-0.2, 0) is 16.9 Å². The SMILES string of the molecule is COc1c(C)cnc(Cn2cnc3c(Cl)nc(N)nc32)c1C.O=S(=O)(O)O. The molecule has 0 saturated carbocycles. The highest BCUT2D eigenvalue weighted by atomic mass is 35.5. The average Bonchev–Trinajstić information content (AvgIpc) is 2.92. The summed E-state index contributed by atoms with van der Waals surface area (Å²) in [7, 11) is -3.01. The van der Waals surface area contributed by atoms with E-state index in [-0.39, 0.29) is 11.1 Å². The van der Waals surface area contributed by atoms with Gasteiger partial charge in [-0.25, -0.2) is 4.98 Å². The van der Waals surface area contributed by atoms with Gasteiger partial charge in [0.2, 0.25) is 5.95 Å². The average molecular weight is 417 g/mol. The van der Waals surface area contributed by atoms with Crippen LogP contribution >= 0.6 is 11.6 Å². The molecule has 0 radical (unpaired) electrons. The molecule has 4 N–H and O–H groups in total. The van der Waals surface area contributed by atoms with E-state index >= 15 is 0 Å². The maximum absolute atomic E-state index is 8.74. The summed E-state index contributed by atoms with van der Waals surface area (Å²) in [5.41, 5.74) is 9.61. The van der Waals surface area contributed by atoms with Gasteiger partial charge >= 0.3 is 10.4 Å². The summed E-state index contributed by atoms with van der Waals surface area (Å²) in [6, 6.07) is 0. The molecule has 0 aromatic carbocycles. The van der Waals surface area contributed by atoms with E-state index in [1.807, 2.05) is 18.4 Å². The molecule has 3 aromatic heterocycles. The molecule has 0 fully saturated rings. The third kappa shape index (κ3) is 5.23. The molecule has 0 saturated heterocycles. The molecule has 11 nitrogen and oxygen atoms in total. The second-order valence-electron chi connectivity index (χ2n) is 5.41. The van der Waals surface area contributed by atoms with Crippen LogP contribution in [0, 0.1) is 13.8 Å². The van der Waals surface area contributed by atoms with Gasteiger partial charge in [-0.2, -0.15) is 18.4 Å². The van der Waals surface area contributed by atoms with E-state index in [2.05, 4.69) is 19.9 Å². The van der Waals surface area contributed by atoms with Crippen LogP contribution in [0.25, 0.3) is 11.2 Å². The molecule has 0 aliphatic carbocycles. The molecule has 0 spiro atoms. The van der Waals surface area contributed by atoms with Gasteiger partial charge in [0.25, 0.3) is 0 Å². The minimum Gasteiger partial charge on any atom is -0.496 e. The lowest BCUT2D eigenvalue weighted by atomic mass is 10.1.